The third-order valence-electron chi connectivity index (χ3n) is 2.12. The number of ketones is 1. The van der Waals surface area contributed by atoms with E-state index in [0.717, 1.165) is 0 Å². The molecule has 0 unspecified atom stereocenters. The molecule has 0 aliphatic carbocycles. The molecule has 0 bridgehead atoms. The molecule has 0 saturated carbocycles. The van der Waals surface area contributed by atoms with E-state index in [-0.39, 0.29) is 5.78 Å². The molecule has 0 spiro atoms. The SMILES string of the molecule is COC(=O)[C@@H](C(C)=O)c1ccc(Cl)cc1Br. The first-order valence-electron chi connectivity index (χ1n) is 4.50. The third-order valence-corrected chi connectivity index (χ3v) is 3.04. The van der Waals surface area contributed by atoms with Gasteiger partial charge >= 0.3 is 5.97 Å². The number of rotatable bonds is 3. The zero-order chi connectivity index (χ0) is 12.3. The highest BCUT2D eigenvalue weighted by Gasteiger charge is 2.28. The van der Waals surface area contributed by atoms with Gasteiger partial charge in [-0.1, -0.05) is 33.6 Å². The number of methoxy groups -OCH3 is 1. The van der Waals surface area contributed by atoms with Crippen LogP contribution in [0, 0.1) is 0 Å². The monoisotopic (exact) mass is 304 g/mol. The average molecular weight is 306 g/mol. The molecule has 0 aliphatic rings. The van der Waals surface area contributed by atoms with Gasteiger partial charge in [-0.25, -0.2) is 0 Å². The van der Waals surface area contributed by atoms with E-state index in [1.54, 1.807) is 18.2 Å². The van der Waals surface area contributed by atoms with Crippen molar-refractivity contribution in [3.05, 3.63) is 33.3 Å². The van der Waals surface area contributed by atoms with Crippen LogP contribution in [-0.4, -0.2) is 18.9 Å². The van der Waals surface area contributed by atoms with Crippen molar-refractivity contribution in [2.24, 2.45) is 0 Å². The zero-order valence-corrected chi connectivity index (χ0v) is 11.1. The van der Waals surface area contributed by atoms with E-state index < -0.39 is 11.9 Å². The lowest BCUT2D eigenvalue weighted by atomic mass is 9.96. The minimum absolute atomic E-state index is 0.269. The Morgan fingerprint density at radius 3 is 2.50 bits per heavy atom. The standard InChI is InChI=1S/C11H10BrClO3/c1-6(14)10(11(15)16-2)8-4-3-7(13)5-9(8)12/h3-5,10H,1-2H3/t10-/m0/s1. The molecule has 1 rings (SSSR count). The molecule has 1 aromatic rings. The summed E-state index contributed by atoms with van der Waals surface area (Å²) in [6.07, 6.45) is 0. The maximum Gasteiger partial charge on any atom is 0.320 e. The van der Waals surface area contributed by atoms with E-state index >= 15 is 0 Å². The number of ether oxygens (including phenoxy) is 1. The number of Topliss-reactive ketones (excluding diaryl/α,β-unsaturated/α-hetero) is 1. The van der Waals surface area contributed by atoms with E-state index in [9.17, 15) is 9.59 Å². The molecular formula is C11H10BrClO3. The Morgan fingerprint density at radius 1 is 1.44 bits per heavy atom. The molecule has 0 aliphatic heterocycles. The van der Waals surface area contributed by atoms with Crippen LogP contribution in [0.15, 0.2) is 22.7 Å². The molecule has 0 aromatic heterocycles. The molecule has 1 atom stereocenters. The lowest BCUT2D eigenvalue weighted by Gasteiger charge is -2.13. The number of hydrogen-bond acceptors (Lipinski definition) is 3. The van der Waals surface area contributed by atoms with Crippen molar-refractivity contribution in [1.82, 2.24) is 0 Å². The van der Waals surface area contributed by atoms with Crippen LogP contribution >= 0.6 is 27.5 Å². The molecule has 5 heteroatoms. The molecule has 86 valence electrons. The van der Waals surface area contributed by atoms with E-state index in [1.165, 1.54) is 14.0 Å². The van der Waals surface area contributed by atoms with Crippen molar-refractivity contribution in [3.63, 3.8) is 0 Å². The second-order valence-electron chi connectivity index (χ2n) is 3.23. The fourth-order valence-electron chi connectivity index (χ4n) is 1.37. The molecule has 0 saturated heterocycles. The maximum atomic E-state index is 11.5. The number of benzene rings is 1. The summed E-state index contributed by atoms with van der Waals surface area (Å²) < 4.78 is 5.22. The summed E-state index contributed by atoms with van der Waals surface area (Å²) in [5, 5.41) is 0.530. The van der Waals surface area contributed by atoms with Gasteiger partial charge in [0.1, 0.15) is 11.7 Å². The molecule has 0 N–H and O–H groups in total. The summed E-state index contributed by atoms with van der Waals surface area (Å²) in [6.45, 7) is 1.35. The Kier molecular flexibility index (Phi) is 4.50. The quantitative estimate of drug-likeness (QED) is 0.637. The summed E-state index contributed by atoms with van der Waals surface area (Å²) >= 11 is 9.05. The number of carbonyl (C=O) groups excluding carboxylic acids is 2. The minimum atomic E-state index is -0.906. The molecule has 1 aromatic carbocycles. The van der Waals surface area contributed by atoms with Crippen molar-refractivity contribution >= 4 is 39.3 Å². The minimum Gasteiger partial charge on any atom is -0.468 e. The highest BCUT2D eigenvalue weighted by Crippen LogP contribution is 2.29. The number of esters is 1. The van der Waals surface area contributed by atoms with Gasteiger partial charge in [-0.15, -0.1) is 0 Å². The van der Waals surface area contributed by atoms with Gasteiger partial charge in [-0.3, -0.25) is 9.59 Å². The summed E-state index contributed by atoms with van der Waals surface area (Å²) in [6, 6.07) is 4.89. The fourth-order valence-corrected chi connectivity index (χ4v) is 2.28. The first kappa shape index (κ1) is 13.2. The Labute approximate surface area is 107 Å². The van der Waals surface area contributed by atoms with Gasteiger partial charge in [0.15, 0.2) is 0 Å². The number of hydrogen-bond donors (Lipinski definition) is 0. The second-order valence-corrected chi connectivity index (χ2v) is 4.52. The van der Waals surface area contributed by atoms with Crippen LogP contribution < -0.4 is 0 Å². The van der Waals surface area contributed by atoms with Crippen LogP contribution in [0.5, 0.6) is 0 Å². The molecule has 0 amide bonds. The van der Waals surface area contributed by atoms with Crippen LogP contribution in [0.25, 0.3) is 0 Å². The van der Waals surface area contributed by atoms with Crippen molar-refractivity contribution in [2.45, 2.75) is 12.8 Å². The Morgan fingerprint density at radius 2 is 2.06 bits per heavy atom. The smallest absolute Gasteiger partial charge is 0.320 e. The molecule has 16 heavy (non-hydrogen) atoms. The summed E-state index contributed by atoms with van der Waals surface area (Å²) in [4.78, 5) is 22.9. The van der Waals surface area contributed by atoms with Gasteiger partial charge < -0.3 is 4.74 Å². The highest BCUT2D eigenvalue weighted by atomic mass is 79.9. The van der Waals surface area contributed by atoms with Crippen molar-refractivity contribution < 1.29 is 14.3 Å². The third kappa shape index (κ3) is 2.83. The van der Waals surface area contributed by atoms with Crippen molar-refractivity contribution in [3.8, 4) is 0 Å². The predicted molar refractivity (Wildman–Crippen MR) is 64.6 cm³/mol. The van der Waals surface area contributed by atoms with E-state index in [0.29, 0.717) is 15.1 Å². The molecule has 3 nitrogen and oxygen atoms in total. The lowest BCUT2D eigenvalue weighted by molar-refractivity contribution is -0.145. The first-order valence-corrected chi connectivity index (χ1v) is 5.67. The van der Waals surface area contributed by atoms with E-state index in [2.05, 4.69) is 20.7 Å². The predicted octanol–water partition coefficient (Wildman–Crippen LogP) is 2.95. The van der Waals surface area contributed by atoms with Crippen LogP contribution in [0.2, 0.25) is 5.02 Å². The van der Waals surface area contributed by atoms with Gasteiger partial charge in [0.25, 0.3) is 0 Å². The van der Waals surface area contributed by atoms with Crippen LogP contribution in [0.1, 0.15) is 18.4 Å². The van der Waals surface area contributed by atoms with Gasteiger partial charge in [0.05, 0.1) is 7.11 Å². The summed E-state index contributed by atoms with van der Waals surface area (Å²) in [5.74, 6) is -1.75. The molecular weight excluding hydrogens is 295 g/mol. The van der Waals surface area contributed by atoms with Gasteiger partial charge in [-0.2, -0.15) is 0 Å². The number of halogens is 2. The topological polar surface area (TPSA) is 43.4 Å². The van der Waals surface area contributed by atoms with Gasteiger partial charge in [0, 0.05) is 9.50 Å². The lowest BCUT2D eigenvalue weighted by Crippen LogP contribution is -2.21. The molecule has 0 fully saturated rings. The zero-order valence-electron chi connectivity index (χ0n) is 8.79. The summed E-state index contributed by atoms with van der Waals surface area (Å²) in [5.41, 5.74) is 0.559. The van der Waals surface area contributed by atoms with E-state index in [1.807, 2.05) is 0 Å². The Bertz CT molecular complexity index is 431. The van der Waals surface area contributed by atoms with Crippen molar-refractivity contribution in [1.29, 1.82) is 0 Å². The number of carbonyl (C=O) groups is 2. The highest BCUT2D eigenvalue weighted by molar-refractivity contribution is 9.10. The Hall–Kier alpha value is -0.870. The van der Waals surface area contributed by atoms with Crippen LogP contribution in [0.4, 0.5) is 0 Å². The Balaban J connectivity index is 3.21. The van der Waals surface area contributed by atoms with Crippen molar-refractivity contribution in [2.75, 3.05) is 7.11 Å². The first-order chi connectivity index (χ1) is 7.47. The largest absolute Gasteiger partial charge is 0.468 e. The fraction of sp³-hybridized carbons (Fsp3) is 0.273. The van der Waals surface area contributed by atoms with Crippen LogP contribution in [0.3, 0.4) is 0 Å². The molecule has 0 heterocycles. The van der Waals surface area contributed by atoms with Crippen LogP contribution in [-0.2, 0) is 14.3 Å². The maximum absolute atomic E-state index is 11.5. The van der Waals surface area contributed by atoms with Gasteiger partial charge in [-0.05, 0) is 24.6 Å². The normalized spacial score (nSPS) is 12.0. The second kappa shape index (κ2) is 5.46. The molecule has 0 radical (unpaired) electrons. The van der Waals surface area contributed by atoms with Gasteiger partial charge in [0.2, 0.25) is 0 Å². The van der Waals surface area contributed by atoms with E-state index in [4.69, 9.17) is 11.6 Å². The summed E-state index contributed by atoms with van der Waals surface area (Å²) in [7, 11) is 1.25. The average Bonchev–Trinajstić information content (AvgIpc) is 2.21.